The monoisotopic (exact) mass is 313 g/mol. The highest BCUT2D eigenvalue weighted by Crippen LogP contribution is 2.31. The second-order valence-corrected chi connectivity index (χ2v) is 5.68. The van der Waals surface area contributed by atoms with Crippen LogP contribution in [-0.2, 0) is 14.3 Å². The van der Waals surface area contributed by atoms with Crippen molar-refractivity contribution >= 4 is 23.2 Å². The van der Waals surface area contributed by atoms with Gasteiger partial charge >= 0.3 is 5.97 Å². The predicted molar refractivity (Wildman–Crippen MR) is 82.6 cm³/mol. The number of hydrogen-bond acceptors (Lipinski definition) is 5. The fourth-order valence-corrected chi connectivity index (χ4v) is 3.22. The lowest BCUT2D eigenvalue weighted by molar-refractivity contribution is -0.132. The standard InChI is InChI=1S/C15H23NO4S/c1-5-6-13(16(11(2)17)7-8-19-3)14-9-12(10-21-14)15(18)20-4/h9-10,13H,5-8H2,1-4H3. The third-order valence-electron chi connectivity index (χ3n) is 3.25. The number of esters is 1. The first-order valence-corrected chi connectivity index (χ1v) is 7.86. The number of ether oxygens (including phenoxy) is 2. The van der Waals surface area contributed by atoms with Gasteiger partial charge in [-0.25, -0.2) is 4.79 Å². The van der Waals surface area contributed by atoms with E-state index in [2.05, 4.69) is 6.92 Å². The number of hydrogen-bond donors (Lipinski definition) is 0. The molecule has 6 heteroatoms. The molecule has 0 N–H and O–H groups in total. The normalized spacial score (nSPS) is 12.0. The first-order chi connectivity index (χ1) is 10.0. The van der Waals surface area contributed by atoms with Gasteiger partial charge in [-0.2, -0.15) is 0 Å². The van der Waals surface area contributed by atoms with E-state index in [0.717, 1.165) is 17.7 Å². The maximum absolute atomic E-state index is 11.9. The van der Waals surface area contributed by atoms with Crippen molar-refractivity contribution in [1.29, 1.82) is 0 Å². The molecule has 1 atom stereocenters. The van der Waals surface area contributed by atoms with Crippen LogP contribution in [0.15, 0.2) is 11.4 Å². The molecule has 5 nitrogen and oxygen atoms in total. The molecule has 0 aliphatic heterocycles. The number of amides is 1. The molecule has 1 rings (SSSR count). The first kappa shape index (κ1) is 17.7. The molecule has 0 saturated carbocycles. The molecule has 1 heterocycles. The molecular weight excluding hydrogens is 290 g/mol. The summed E-state index contributed by atoms with van der Waals surface area (Å²) in [6, 6.07) is 1.80. The third-order valence-corrected chi connectivity index (χ3v) is 4.28. The van der Waals surface area contributed by atoms with Gasteiger partial charge in [0.25, 0.3) is 0 Å². The van der Waals surface area contributed by atoms with Crippen LogP contribution in [0.2, 0.25) is 0 Å². The lowest BCUT2D eigenvalue weighted by atomic mass is 10.1. The average molecular weight is 313 g/mol. The van der Waals surface area contributed by atoms with Crippen molar-refractivity contribution in [3.63, 3.8) is 0 Å². The Balaban J connectivity index is 3.00. The van der Waals surface area contributed by atoms with E-state index in [1.807, 2.05) is 6.07 Å². The highest BCUT2D eigenvalue weighted by molar-refractivity contribution is 7.10. The number of thiophene rings is 1. The van der Waals surface area contributed by atoms with E-state index >= 15 is 0 Å². The minimum atomic E-state index is -0.348. The van der Waals surface area contributed by atoms with E-state index < -0.39 is 0 Å². The summed E-state index contributed by atoms with van der Waals surface area (Å²) < 4.78 is 9.81. The van der Waals surface area contributed by atoms with Gasteiger partial charge in [0.15, 0.2) is 0 Å². The van der Waals surface area contributed by atoms with Crippen molar-refractivity contribution in [1.82, 2.24) is 4.90 Å². The molecule has 0 fully saturated rings. The van der Waals surface area contributed by atoms with E-state index in [-0.39, 0.29) is 17.9 Å². The van der Waals surface area contributed by atoms with Crippen LogP contribution in [0.1, 0.15) is 48.0 Å². The molecule has 1 unspecified atom stereocenters. The van der Waals surface area contributed by atoms with Crippen LogP contribution >= 0.6 is 11.3 Å². The predicted octanol–water partition coefficient (Wildman–Crippen LogP) is 2.87. The Morgan fingerprint density at radius 3 is 2.62 bits per heavy atom. The summed E-state index contributed by atoms with van der Waals surface area (Å²) in [5.41, 5.74) is 0.536. The fourth-order valence-electron chi connectivity index (χ4n) is 2.20. The molecule has 21 heavy (non-hydrogen) atoms. The first-order valence-electron chi connectivity index (χ1n) is 6.98. The van der Waals surface area contributed by atoms with Gasteiger partial charge in [0.05, 0.1) is 25.3 Å². The summed E-state index contributed by atoms with van der Waals surface area (Å²) in [6.07, 6.45) is 1.80. The second-order valence-electron chi connectivity index (χ2n) is 4.74. The summed E-state index contributed by atoms with van der Waals surface area (Å²) in [5, 5.41) is 1.78. The maximum Gasteiger partial charge on any atom is 0.338 e. The Kier molecular flexibility index (Phi) is 7.39. The Labute approximate surface area is 129 Å². The third kappa shape index (κ3) is 4.82. The Hall–Kier alpha value is -1.40. The summed E-state index contributed by atoms with van der Waals surface area (Å²) in [4.78, 5) is 26.3. The van der Waals surface area contributed by atoms with Crippen LogP contribution in [0.3, 0.4) is 0 Å². The largest absolute Gasteiger partial charge is 0.465 e. The molecule has 0 saturated heterocycles. The van der Waals surface area contributed by atoms with Gasteiger partial charge < -0.3 is 14.4 Å². The SMILES string of the molecule is CCCC(c1cc(C(=O)OC)cs1)N(CCOC)C(C)=O. The minimum Gasteiger partial charge on any atom is -0.465 e. The fraction of sp³-hybridized carbons (Fsp3) is 0.600. The average Bonchev–Trinajstić information content (AvgIpc) is 2.95. The summed E-state index contributed by atoms with van der Waals surface area (Å²) >= 11 is 1.48. The summed E-state index contributed by atoms with van der Waals surface area (Å²) in [7, 11) is 2.98. The molecule has 118 valence electrons. The Morgan fingerprint density at radius 2 is 2.10 bits per heavy atom. The minimum absolute atomic E-state index is 0.0125. The van der Waals surface area contributed by atoms with Crippen molar-refractivity contribution in [2.75, 3.05) is 27.4 Å². The van der Waals surface area contributed by atoms with Gasteiger partial charge in [-0.1, -0.05) is 13.3 Å². The zero-order chi connectivity index (χ0) is 15.8. The zero-order valence-electron chi connectivity index (χ0n) is 13.0. The number of nitrogens with zero attached hydrogens (tertiary/aromatic N) is 1. The molecule has 0 spiro atoms. The van der Waals surface area contributed by atoms with E-state index in [0.29, 0.717) is 18.7 Å². The Morgan fingerprint density at radius 1 is 1.38 bits per heavy atom. The molecule has 0 aliphatic rings. The van der Waals surface area contributed by atoms with Crippen molar-refractivity contribution in [2.24, 2.45) is 0 Å². The summed E-state index contributed by atoms with van der Waals surface area (Å²) in [5.74, 6) is -0.336. The van der Waals surface area contributed by atoms with Crippen molar-refractivity contribution in [2.45, 2.75) is 32.7 Å². The molecule has 0 bridgehead atoms. The van der Waals surface area contributed by atoms with Gasteiger partial charge in [0.1, 0.15) is 0 Å². The highest BCUT2D eigenvalue weighted by Gasteiger charge is 2.24. The number of carbonyl (C=O) groups excluding carboxylic acids is 2. The van der Waals surface area contributed by atoms with Crippen LogP contribution in [0.25, 0.3) is 0 Å². The van der Waals surface area contributed by atoms with Gasteiger partial charge in [0, 0.05) is 30.8 Å². The zero-order valence-corrected chi connectivity index (χ0v) is 13.9. The molecule has 1 aromatic rings. The maximum atomic E-state index is 11.9. The van der Waals surface area contributed by atoms with E-state index in [9.17, 15) is 9.59 Å². The number of carbonyl (C=O) groups is 2. The van der Waals surface area contributed by atoms with E-state index in [1.165, 1.54) is 18.4 Å². The number of rotatable bonds is 8. The lowest BCUT2D eigenvalue weighted by Gasteiger charge is -2.30. The number of methoxy groups -OCH3 is 2. The lowest BCUT2D eigenvalue weighted by Crippen LogP contribution is -2.35. The van der Waals surface area contributed by atoms with Crippen molar-refractivity contribution < 1.29 is 19.1 Å². The van der Waals surface area contributed by atoms with Crippen LogP contribution in [0.5, 0.6) is 0 Å². The molecule has 1 amide bonds. The van der Waals surface area contributed by atoms with Gasteiger partial charge in [-0.05, 0) is 12.5 Å². The topological polar surface area (TPSA) is 55.8 Å². The van der Waals surface area contributed by atoms with Crippen molar-refractivity contribution in [3.05, 3.63) is 21.9 Å². The van der Waals surface area contributed by atoms with Gasteiger partial charge in [0.2, 0.25) is 5.91 Å². The smallest absolute Gasteiger partial charge is 0.338 e. The molecule has 0 radical (unpaired) electrons. The quantitative estimate of drug-likeness (QED) is 0.693. The second kappa shape index (κ2) is 8.79. The molecule has 0 aliphatic carbocycles. The Bertz CT molecular complexity index is 472. The molecular formula is C15H23NO4S. The summed E-state index contributed by atoms with van der Waals surface area (Å²) in [6.45, 7) is 4.68. The van der Waals surface area contributed by atoms with Gasteiger partial charge in [-0.15, -0.1) is 11.3 Å². The van der Waals surface area contributed by atoms with Crippen molar-refractivity contribution in [3.8, 4) is 0 Å². The molecule has 0 aromatic carbocycles. The van der Waals surface area contributed by atoms with Crippen LogP contribution in [0, 0.1) is 0 Å². The van der Waals surface area contributed by atoms with E-state index in [1.54, 1.807) is 24.3 Å². The van der Waals surface area contributed by atoms with Crippen LogP contribution in [-0.4, -0.2) is 44.1 Å². The highest BCUT2D eigenvalue weighted by atomic mass is 32.1. The van der Waals surface area contributed by atoms with Crippen LogP contribution in [0.4, 0.5) is 0 Å². The van der Waals surface area contributed by atoms with Gasteiger partial charge in [-0.3, -0.25) is 4.79 Å². The molecule has 1 aromatic heterocycles. The van der Waals surface area contributed by atoms with Crippen LogP contribution < -0.4 is 0 Å². The van der Waals surface area contributed by atoms with E-state index in [4.69, 9.17) is 9.47 Å².